The third-order valence-corrected chi connectivity index (χ3v) is 4.11. The molecule has 1 aromatic heterocycles. The number of hydrogen-bond acceptors (Lipinski definition) is 4. The van der Waals surface area contributed by atoms with E-state index < -0.39 is 0 Å². The highest BCUT2D eigenvalue weighted by molar-refractivity contribution is 7.22. The zero-order valence-corrected chi connectivity index (χ0v) is 12.2. The summed E-state index contributed by atoms with van der Waals surface area (Å²) in [5.41, 5.74) is 1.66. The first-order valence-corrected chi connectivity index (χ1v) is 7.23. The summed E-state index contributed by atoms with van der Waals surface area (Å²) in [6, 6.07) is 13.9. The molecule has 0 radical (unpaired) electrons. The van der Waals surface area contributed by atoms with Crippen molar-refractivity contribution in [3.05, 3.63) is 58.6 Å². The van der Waals surface area contributed by atoms with E-state index in [-0.39, 0.29) is 5.91 Å². The summed E-state index contributed by atoms with van der Waals surface area (Å²) in [6.07, 6.45) is 0. The molecular weight excluding hydrogens is 306 g/mol. The number of fused-ring (bicyclic) bond motifs is 1. The van der Waals surface area contributed by atoms with Gasteiger partial charge in [-0.05, 0) is 36.4 Å². The van der Waals surface area contributed by atoms with Gasteiger partial charge in [0.2, 0.25) is 0 Å². The molecule has 0 saturated heterocycles. The second-order valence-corrected chi connectivity index (χ2v) is 5.69. The highest BCUT2D eigenvalue weighted by Crippen LogP contribution is 2.30. The fourth-order valence-electron chi connectivity index (χ4n) is 1.83. The Morgan fingerprint density at radius 2 is 2.00 bits per heavy atom. The normalized spacial score (nSPS) is 10.3. The van der Waals surface area contributed by atoms with E-state index in [0.717, 1.165) is 4.70 Å². The van der Waals surface area contributed by atoms with Gasteiger partial charge in [0, 0.05) is 5.56 Å². The lowest BCUT2D eigenvalue weighted by Gasteiger charge is -2.01. The first kappa shape index (κ1) is 13.6. The summed E-state index contributed by atoms with van der Waals surface area (Å²) in [7, 11) is 0. The molecule has 0 bridgehead atoms. The lowest BCUT2D eigenvalue weighted by atomic mass is 10.1. The molecule has 4 nitrogen and oxygen atoms in total. The molecule has 0 aliphatic carbocycles. The zero-order valence-electron chi connectivity index (χ0n) is 10.6. The maximum atomic E-state index is 12.1. The fourth-order valence-corrected chi connectivity index (χ4v) is 2.99. The Hall–Kier alpha value is -2.42. The topological polar surface area (TPSA) is 65.8 Å². The molecule has 0 spiro atoms. The molecule has 6 heteroatoms. The summed E-state index contributed by atoms with van der Waals surface area (Å²) in [5, 5.41) is 12.5. The van der Waals surface area contributed by atoms with E-state index in [0.29, 0.717) is 26.8 Å². The summed E-state index contributed by atoms with van der Waals surface area (Å²) >= 11 is 7.42. The van der Waals surface area contributed by atoms with Gasteiger partial charge in [0.1, 0.15) is 5.52 Å². The van der Waals surface area contributed by atoms with Crippen LogP contribution in [-0.2, 0) is 0 Å². The molecule has 102 valence electrons. The molecule has 21 heavy (non-hydrogen) atoms. The predicted molar refractivity (Wildman–Crippen MR) is 83.7 cm³/mol. The summed E-state index contributed by atoms with van der Waals surface area (Å²) in [5.74, 6) is -0.269. The van der Waals surface area contributed by atoms with Crippen LogP contribution in [0.15, 0.2) is 42.5 Å². The van der Waals surface area contributed by atoms with E-state index in [2.05, 4.69) is 10.3 Å². The van der Waals surface area contributed by atoms with Gasteiger partial charge in [0.05, 0.1) is 21.4 Å². The molecule has 0 atom stereocenters. The molecule has 1 heterocycles. The Bertz CT molecular complexity index is 865. The average Bonchev–Trinajstić information content (AvgIpc) is 2.91. The first-order valence-electron chi connectivity index (χ1n) is 6.04. The van der Waals surface area contributed by atoms with Crippen LogP contribution in [0.1, 0.15) is 15.9 Å². The van der Waals surface area contributed by atoms with Crippen LogP contribution in [0.3, 0.4) is 0 Å². The minimum absolute atomic E-state index is 0.269. The van der Waals surface area contributed by atoms with Crippen LogP contribution in [0.4, 0.5) is 5.13 Å². The molecule has 3 rings (SSSR count). The fraction of sp³-hybridized carbons (Fsp3) is 0. The van der Waals surface area contributed by atoms with E-state index in [4.69, 9.17) is 16.9 Å². The number of aromatic nitrogens is 1. The van der Waals surface area contributed by atoms with E-state index in [1.165, 1.54) is 11.3 Å². The van der Waals surface area contributed by atoms with Gasteiger partial charge in [0.15, 0.2) is 5.13 Å². The second-order valence-electron chi connectivity index (χ2n) is 4.25. The molecule has 0 unspecified atom stereocenters. The third-order valence-electron chi connectivity index (χ3n) is 2.87. The van der Waals surface area contributed by atoms with Crippen molar-refractivity contribution in [1.82, 2.24) is 4.98 Å². The number of carbonyl (C=O) groups is 1. The molecule has 1 N–H and O–H groups in total. The minimum atomic E-state index is -0.269. The van der Waals surface area contributed by atoms with Gasteiger partial charge in [-0.1, -0.05) is 29.0 Å². The number of nitriles is 1. The molecule has 0 saturated carbocycles. The van der Waals surface area contributed by atoms with Gasteiger partial charge in [-0.15, -0.1) is 0 Å². The number of amides is 1. The average molecular weight is 314 g/mol. The van der Waals surface area contributed by atoms with Crippen molar-refractivity contribution in [1.29, 1.82) is 5.26 Å². The Labute approximate surface area is 129 Å². The Morgan fingerprint density at radius 1 is 1.24 bits per heavy atom. The van der Waals surface area contributed by atoms with Crippen molar-refractivity contribution in [3.63, 3.8) is 0 Å². The summed E-state index contributed by atoms with van der Waals surface area (Å²) in [4.78, 5) is 16.4. The van der Waals surface area contributed by atoms with Crippen molar-refractivity contribution in [2.75, 3.05) is 5.32 Å². The van der Waals surface area contributed by atoms with Crippen LogP contribution in [0.25, 0.3) is 10.2 Å². The van der Waals surface area contributed by atoms with E-state index in [1.54, 1.807) is 30.3 Å². The third kappa shape index (κ3) is 2.72. The van der Waals surface area contributed by atoms with Crippen molar-refractivity contribution in [2.45, 2.75) is 0 Å². The largest absolute Gasteiger partial charge is 0.298 e. The van der Waals surface area contributed by atoms with Gasteiger partial charge < -0.3 is 0 Å². The number of nitrogens with one attached hydrogen (secondary N) is 1. The Kier molecular flexibility index (Phi) is 3.57. The predicted octanol–water partition coefficient (Wildman–Crippen LogP) is 4.07. The lowest BCUT2D eigenvalue weighted by Crippen LogP contribution is -2.11. The standard InChI is InChI=1S/C15H8ClN3OS/c16-11-2-1-3-12-13(11)18-15(21-12)19-14(20)10-6-4-9(8-17)5-7-10/h1-7H,(H,18,19,20). The summed E-state index contributed by atoms with van der Waals surface area (Å²) < 4.78 is 0.914. The number of para-hydroxylation sites is 1. The molecule has 0 fully saturated rings. The van der Waals surface area contributed by atoms with Crippen LogP contribution < -0.4 is 5.32 Å². The van der Waals surface area contributed by atoms with Crippen LogP contribution in [0.2, 0.25) is 5.02 Å². The molecule has 0 aliphatic rings. The smallest absolute Gasteiger partial charge is 0.257 e. The Balaban J connectivity index is 1.85. The van der Waals surface area contributed by atoms with Gasteiger partial charge in [-0.25, -0.2) is 4.98 Å². The highest BCUT2D eigenvalue weighted by Gasteiger charge is 2.11. The van der Waals surface area contributed by atoms with E-state index in [9.17, 15) is 4.79 Å². The maximum absolute atomic E-state index is 12.1. The van der Waals surface area contributed by atoms with Crippen molar-refractivity contribution in [2.24, 2.45) is 0 Å². The number of benzene rings is 2. The molecule has 1 amide bonds. The van der Waals surface area contributed by atoms with Crippen LogP contribution in [0.5, 0.6) is 0 Å². The van der Waals surface area contributed by atoms with Gasteiger partial charge >= 0.3 is 0 Å². The van der Waals surface area contributed by atoms with Crippen molar-refractivity contribution >= 4 is 44.2 Å². The SMILES string of the molecule is N#Cc1ccc(C(=O)Nc2nc3c(Cl)cccc3s2)cc1. The second kappa shape index (κ2) is 5.52. The number of nitrogens with zero attached hydrogens (tertiary/aromatic N) is 2. The van der Waals surface area contributed by atoms with Crippen LogP contribution in [-0.4, -0.2) is 10.9 Å². The number of thiazole rings is 1. The van der Waals surface area contributed by atoms with E-state index >= 15 is 0 Å². The Morgan fingerprint density at radius 3 is 2.67 bits per heavy atom. The number of hydrogen-bond donors (Lipinski definition) is 1. The number of carbonyl (C=O) groups excluding carboxylic acids is 1. The number of rotatable bonds is 2. The van der Waals surface area contributed by atoms with Gasteiger partial charge in [-0.3, -0.25) is 10.1 Å². The molecular formula is C15H8ClN3OS. The summed E-state index contributed by atoms with van der Waals surface area (Å²) in [6.45, 7) is 0. The van der Waals surface area contributed by atoms with Crippen molar-refractivity contribution in [3.8, 4) is 6.07 Å². The first-order chi connectivity index (χ1) is 10.2. The van der Waals surface area contributed by atoms with Crippen LogP contribution in [0, 0.1) is 11.3 Å². The lowest BCUT2D eigenvalue weighted by molar-refractivity contribution is 0.102. The minimum Gasteiger partial charge on any atom is -0.298 e. The van der Waals surface area contributed by atoms with Gasteiger partial charge in [-0.2, -0.15) is 5.26 Å². The quantitative estimate of drug-likeness (QED) is 0.775. The number of anilines is 1. The van der Waals surface area contributed by atoms with Crippen molar-refractivity contribution < 1.29 is 4.79 Å². The monoisotopic (exact) mass is 313 g/mol. The van der Waals surface area contributed by atoms with E-state index in [1.807, 2.05) is 18.2 Å². The van der Waals surface area contributed by atoms with Crippen LogP contribution >= 0.6 is 22.9 Å². The highest BCUT2D eigenvalue weighted by atomic mass is 35.5. The maximum Gasteiger partial charge on any atom is 0.257 e. The molecule has 0 aliphatic heterocycles. The number of halogens is 1. The molecule has 3 aromatic rings. The molecule has 2 aromatic carbocycles. The zero-order chi connectivity index (χ0) is 14.8. The van der Waals surface area contributed by atoms with Gasteiger partial charge in [0.25, 0.3) is 5.91 Å².